The first kappa shape index (κ1) is 10.0. The van der Waals surface area contributed by atoms with Crippen LogP contribution in [0.1, 0.15) is 38.5 Å². The SMILES string of the molecule is NCCCNCC1CCCCC1. The third-order valence-electron chi connectivity index (χ3n) is 2.72. The van der Waals surface area contributed by atoms with E-state index in [1.165, 1.54) is 38.6 Å². The van der Waals surface area contributed by atoms with Gasteiger partial charge in [0.05, 0.1) is 0 Å². The average Bonchev–Trinajstić information content (AvgIpc) is 2.14. The van der Waals surface area contributed by atoms with Crippen molar-refractivity contribution >= 4 is 0 Å². The van der Waals surface area contributed by atoms with Crippen LogP contribution in [0, 0.1) is 5.92 Å². The fourth-order valence-corrected chi connectivity index (χ4v) is 1.92. The molecule has 0 saturated heterocycles. The van der Waals surface area contributed by atoms with Crippen LogP contribution in [0.15, 0.2) is 0 Å². The third kappa shape index (κ3) is 4.07. The molecule has 1 rings (SSSR count). The normalized spacial score (nSPS) is 19.8. The van der Waals surface area contributed by atoms with E-state index in [1.807, 2.05) is 0 Å². The minimum Gasteiger partial charge on any atom is -0.330 e. The predicted octanol–water partition coefficient (Wildman–Crippen LogP) is 1.51. The van der Waals surface area contributed by atoms with E-state index in [2.05, 4.69) is 5.32 Å². The molecule has 1 aliphatic carbocycles. The van der Waals surface area contributed by atoms with Crippen LogP contribution in [0.2, 0.25) is 0 Å². The Morgan fingerprint density at radius 3 is 2.58 bits per heavy atom. The monoisotopic (exact) mass is 170 g/mol. The summed E-state index contributed by atoms with van der Waals surface area (Å²) in [4.78, 5) is 0. The van der Waals surface area contributed by atoms with Gasteiger partial charge in [-0.15, -0.1) is 0 Å². The highest BCUT2D eigenvalue weighted by Crippen LogP contribution is 2.22. The van der Waals surface area contributed by atoms with Crippen LogP contribution in [-0.4, -0.2) is 19.6 Å². The van der Waals surface area contributed by atoms with E-state index in [4.69, 9.17) is 5.73 Å². The lowest BCUT2D eigenvalue weighted by molar-refractivity contribution is 0.342. The van der Waals surface area contributed by atoms with Crippen molar-refractivity contribution in [1.29, 1.82) is 0 Å². The first-order valence-corrected chi connectivity index (χ1v) is 5.34. The Balaban J connectivity index is 1.91. The van der Waals surface area contributed by atoms with Gasteiger partial charge < -0.3 is 11.1 Å². The van der Waals surface area contributed by atoms with E-state index in [9.17, 15) is 0 Å². The molecule has 0 spiro atoms. The predicted molar refractivity (Wildman–Crippen MR) is 53.1 cm³/mol. The Kier molecular flexibility index (Phi) is 5.37. The van der Waals surface area contributed by atoms with Crippen molar-refractivity contribution in [2.75, 3.05) is 19.6 Å². The van der Waals surface area contributed by atoms with Crippen LogP contribution in [-0.2, 0) is 0 Å². The number of rotatable bonds is 5. The Morgan fingerprint density at radius 2 is 1.92 bits per heavy atom. The quantitative estimate of drug-likeness (QED) is 0.614. The molecule has 1 saturated carbocycles. The van der Waals surface area contributed by atoms with Crippen molar-refractivity contribution in [3.8, 4) is 0 Å². The van der Waals surface area contributed by atoms with Gasteiger partial charge in [0.25, 0.3) is 0 Å². The minimum atomic E-state index is 0.817. The molecule has 2 heteroatoms. The van der Waals surface area contributed by atoms with E-state index in [0.717, 1.165) is 25.4 Å². The van der Waals surface area contributed by atoms with Crippen molar-refractivity contribution in [3.63, 3.8) is 0 Å². The zero-order chi connectivity index (χ0) is 8.65. The molecular formula is C10H22N2. The number of hydrogen-bond acceptors (Lipinski definition) is 2. The average molecular weight is 170 g/mol. The lowest BCUT2D eigenvalue weighted by atomic mass is 9.89. The van der Waals surface area contributed by atoms with Gasteiger partial charge in [0.1, 0.15) is 0 Å². The lowest BCUT2D eigenvalue weighted by Gasteiger charge is -2.21. The highest BCUT2D eigenvalue weighted by atomic mass is 14.9. The van der Waals surface area contributed by atoms with Gasteiger partial charge in [-0.05, 0) is 44.8 Å². The Morgan fingerprint density at radius 1 is 1.17 bits per heavy atom. The summed E-state index contributed by atoms with van der Waals surface area (Å²) in [5.74, 6) is 0.955. The van der Waals surface area contributed by atoms with E-state index in [0.29, 0.717) is 0 Å². The topological polar surface area (TPSA) is 38.0 Å². The molecule has 1 fully saturated rings. The highest BCUT2D eigenvalue weighted by Gasteiger charge is 2.11. The van der Waals surface area contributed by atoms with Gasteiger partial charge in [0.15, 0.2) is 0 Å². The zero-order valence-electron chi connectivity index (χ0n) is 8.02. The molecule has 0 heterocycles. The summed E-state index contributed by atoms with van der Waals surface area (Å²) in [5.41, 5.74) is 5.41. The van der Waals surface area contributed by atoms with Crippen LogP contribution in [0.5, 0.6) is 0 Å². The zero-order valence-corrected chi connectivity index (χ0v) is 8.02. The van der Waals surface area contributed by atoms with E-state index in [-0.39, 0.29) is 0 Å². The standard InChI is InChI=1S/C10H22N2/c11-7-4-8-12-9-10-5-2-1-3-6-10/h10,12H,1-9,11H2. The molecule has 2 nitrogen and oxygen atoms in total. The maximum absolute atomic E-state index is 5.41. The van der Waals surface area contributed by atoms with Crippen molar-refractivity contribution in [2.45, 2.75) is 38.5 Å². The summed E-state index contributed by atoms with van der Waals surface area (Å²) in [5, 5.41) is 3.48. The minimum absolute atomic E-state index is 0.817. The molecule has 1 aliphatic rings. The van der Waals surface area contributed by atoms with E-state index in [1.54, 1.807) is 0 Å². The van der Waals surface area contributed by atoms with Crippen molar-refractivity contribution < 1.29 is 0 Å². The van der Waals surface area contributed by atoms with Gasteiger partial charge in [0.2, 0.25) is 0 Å². The lowest BCUT2D eigenvalue weighted by Crippen LogP contribution is -2.26. The number of nitrogens with two attached hydrogens (primary N) is 1. The largest absolute Gasteiger partial charge is 0.330 e. The van der Waals surface area contributed by atoms with Gasteiger partial charge in [0, 0.05) is 0 Å². The molecule has 0 aromatic heterocycles. The van der Waals surface area contributed by atoms with Crippen LogP contribution in [0.25, 0.3) is 0 Å². The smallest absolute Gasteiger partial charge is 0.00205 e. The molecule has 0 aromatic rings. The molecule has 0 unspecified atom stereocenters. The van der Waals surface area contributed by atoms with Crippen molar-refractivity contribution in [1.82, 2.24) is 5.32 Å². The Labute approximate surface area is 75.9 Å². The van der Waals surface area contributed by atoms with Gasteiger partial charge in [-0.25, -0.2) is 0 Å². The molecule has 0 radical (unpaired) electrons. The molecule has 0 aliphatic heterocycles. The van der Waals surface area contributed by atoms with E-state index < -0.39 is 0 Å². The molecule has 0 amide bonds. The molecule has 0 bridgehead atoms. The molecule has 72 valence electrons. The van der Waals surface area contributed by atoms with Crippen molar-refractivity contribution in [2.24, 2.45) is 11.7 Å². The molecule has 0 atom stereocenters. The summed E-state index contributed by atoms with van der Waals surface area (Å²) in [6.07, 6.45) is 8.35. The second-order valence-electron chi connectivity index (χ2n) is 3.85. The third-order valence-corrected chi connectivity index (χ3v) is 2.72. The second kappa shape index (κ2) is 6.44. The Hall–Kier alpha value is -0.0800. The van der Waals surface area contributed by atoms with Crippen LogP contribution >= 0.6 is 0 Å². The van der Waals surface area contributed by atoms with Crippen LogP contribution < -0.4 is 11.1 Å². The van der Waals surface area contributed by atoms with Gasteiger partial charge in [-0.2, -0.15) is 0 Å². The molecule has 12 heavy (non-hydrogen) atoms. The van der Waals surface area contributed by atoms with Gasteiger partial charge in [-0.3, -0.25) is 0 Å². The number of nitrogens with one attached hydrogen (secondary N) is 1. The maximum atomic E-state index is 5.41. The molecule has 3 N–H and O–H groups in total. The molecular weight excluding hydrogens is 148 g/mol. The summed E-state index contributed by atoms with van der Waals surface area (Å²) < 4.78 is 0. The summed E-state index contributed by atoms with van der Waals surface area (Å²) in [6, 6.07) is 0. The van der Waals surface area contributed by atoms with Crippen LogP contribution in [0.4, 0.5) is 0 Å². The van der Waals surface area contributed by atoms with E-state index >= 15 is 0 Å². The van der Waals surface area contributed by atoms with Gasteiger partial charge >= 0.3 is 0 Å². The summed E-state index contributed by atoms with van der Waals surface area (Å²) in [6.45, 7) is 3.14. The maximum Gasteiger partial charge on any atom is -0.00205 e. The Bertz CT molecular complexity index is 98.0. The van der Waals surface area contributed by atoms with Crippen LogP contribution in [0.3, 0.4) is 0 Å². The first-order chi connectivity index (χ1) is 5.93. The highest BCUT2D eigenvalue weighted by molar-refractivity contribution is 4.67. The summed E-state index contributed by atoms with van der Waals surface area (Å²) >= 11 is 0. The summed E-state index contributed by atoms with van der Waals surface area (Å²) in [7, 11) is 0. The fourth-order valence-electron chi connectivity index (χ4n) is 1.92. The van der Waals surface area contributed by atoms with Crippen molar-refractivity contribution in [3.05, 3.63) is 0 Å². The first-order valence-electron chi connectivity index (χ1n) is 5.34. The fraction of sp³-hybridized carbons (Fsp3) is 1.00. The van der Waals surface area contributed by atoms with Gasteiger partial charge in [-0.1, -0.05) is 19.3 Å². The number of hydrogen-bond donors (Lipinski definition) is 2. The molecule has 0 aromatic carbocycles. The second-order valence-corrected chi connectivity index (χ2v) is 3.85.